The molecule has 3 N–H and O–H groups in total. The summed E-state index contributed by atoms with van der Waals surface area (Å²) in [7, 11) is 0. The summed E-state index contributed by atoms with van der Waals surface area (Å²) in [4.78, 5) is 23.2. The lowest BCUT2D eigenvalue weighted by molar-refractivity contribution is 0.475. The van der Waals surface area contributed by atoms with Crippen molar-refractivity contribution in [1.82, 2.24) is 15.0 Å². The van der Waals surface area contributed by atoms with E-state index in [1.165, 1.54) is 24.3 Å². The predicted molar refractivity (Wildman–Crippen MR) is 104 cm³/mol. The number of imidazole rings is 1. The molecule has 2 aliphatic carbocycles. The number of H-pyrrole nitrogens is 2. The van der Waals surface area contributed by atoms with Crippen molar-refractivity contribution in [2.45, 2.75) is 6.42 Å². The number of hydrogen-bond donors (Lipinski definition) is 3. The molecule has 0 aliphatic heterocycles. The van der Waals surface area contributed by atoms with Crippen LogP contribution in [0.4, 0.5) is 4.39 Å². The van der Waals surface area contributed by atoms with Crippen LogP contribution in [0.25, 0.3) is 22.5 Å². The van der Waals surface area contributed by atoms with Gasteiger partial charge in [0.1, 0.15) is 17.4 Å². The summed E-state index contributed by atoms with van der Waals surface area (Å²) in [6, 6.07) is 6.40. The smallest absolute Gasteiger partial charge is 0.256 e. The van der Waals surface area contributed by atoms with Gasteiger partial charge in [0.2, 0.25) is 0 Å². The molecule has 0 unspecified atom stereocenters. The fourth-order valence-electron chi connectivity index (χ4n) is 3.66. The third kappa shape index (κ3) is 2.53. The van der Waals surface area contributed by atoms with Crippen LogP contribution in [0, 0.1) is 10.6 Å². The van der Waals surface area contributed by atoms with Crippen LogP contribution in [-0.4, -0.2) is 20.1 Å². The quantitative estimate of drug-likeness (QED) is 0.594. The average Bonchev–Trinajstić information content (AvgIpc) is 2.94. The van der Waals surface area contributed by atoms with Crippen LogP contribution in [0.3, 0.4) is 0 Å². The topological polar surface area (TPSA) is 81.8 Å². The zero-order chi connectivity index (χ0) is 19.4. The number of aromatic nitrogens is 3. The second-order valence-electron chi connectivity index (χ2n) is 6.66. The molecular weight excluding hydrogens is 381 g/mol. The number of halogens is 2. The summed E-state index contributed by atoms with van der Waals surface area (Å²) in [6.07, 6.45) is 6.38. The highest BCUT2D eigenvalue weighted by molar-refractivity contribution is 6.33. The number of nitrogens with one attached hydrogen (secondary N) is 2. The first-order valence-electron chi connectivity index (χ1n) is 8.60. The van der Waals surface area contributed by atoms with Crippen LogP contribution >= 0.6 is 11.6 Å². The van der Waals surface area contributed by atoms with Gasteiger partial charge in [0.05, 0.1) is 20.9 Å². The molecule has 0 amide bonds. The molecule has 2 aromatic heterocycles. The van der Waals surface area contributed by atoms with E-state index in [-0.39, 0.29) is 11.3 Å². The maximum absolute atomic E-state index is 14.1. The van der Waals surface area contributed by atoms with Gasteiger partial charge < -0.3 is 15.1 Å². The Morgan fingerprint density at radius 2 is 2.04 bits per heavy atom. The Labute approximate surface area is 162 Å². The Balaban J connectivity index is 2.00. The molecular formula is C21H13ClFN3O2. The van der Waals surface area contributed by atoms with Crippen LogP contribution < -0.4 is 16.1 Å². The van der Waals surface area contributed by atoms with E-state index in [0.717, 1.165) is 5.57 Å². The van der Waals surface area contributed by atoms with Gasteiger partial charge in [0.15, 0.2) is 0 Å². The Kier molecular flexibility index (Phi) is 3.64. The summed E-state index contributed by atoms with van der Waals surface area (Å²) in [5.41, 5.74) is 1.72. The van der Waals surface area contributed by atoms with E-state index in [1.54, 1.807) is 24.4 Å². The van der Waals surface area contributed by atoms with Gasteiger partial charge in [-0.3, -0.25) is 4.79 Å². The van der Waals surface area contributed by atoms with Gasteiger partial charge in [-0.25, -0.2) is 9.37 Å². The third-order valence-corrected chi connectivity index (χ3v) is 5.22. The first-order valence-corrected chi connectivity index (χ1v) is 8.97. The van der Waals surface area contributed by atoms with Crippen molar-refractivity contribution in [3.63, 3.8) is 0 Å². The first-order chi connectivity index (χ1) is 13.5. The number of nitrogens with zero attached hydrogens (tertiary/aromatic N) is 1. The van der Waals surface area contributed by atoms with Gasteiger partial charge in [0, 0.05) is 23.4 Å². The number of aromatic hydroxyl groups is 1. The maximum Gasteiger partial charge on any atom is 0.256 e. The molecule has 2 bridgehead atoms. The van der Waals surface area contributed by atoms with Gasteiger partial charge in [-0.15, -0.1) is 0 Å². The van der Waals surface area contributed by atoms with E-state index in [9.17, 15) is 14.3 Å². The van der Waals surface area contributed by atoms with E-state index in [1.807, 2.05) is 0 Å². The summed E-state index contributed by atoms with van der Waals surface area (Å²) in [6.45, 7) is 0. The van der Waals surface area contributed by atoms with Gasteiger partial charge in [0.25, 0.3) is 5.56 Å². The molecule has 3 aromatic rings. The van der Waals surface area contributed by atoms with Crippen molar-refractivity contribution in [2.24, 2.45) is 0 Å². The number of phenolic OH excluding ortho intramolecular Hbond substituents is 1. The number of allylic oxidation sites excluding steroid dienone is 4. The minimum Gasteiger partial charge on any atom is -0.508 e. The van der Waals surface area contributed by atoms with Crippen LogP contribution in [0.15, 0.2) is 59.3 Å². The number of fused-ring (bicyclic) bond motifs is 4. The van der Waals surface area contributed by atoms with Gasteiger partial charge in [-0.05, 0) is 47.6 Å². The second kappa shape index (κ2) is 6.07. The number of benzene rings is 1. The van der Waals surface area contributed by atoms with Crippen LogP contribution in [-0.2, 0) is 0 Å². The van der Waals surface area contributed by atoms with Crippen LogP contribution in [0.5, 0.6) is 5.75 Å². The number of hydrogen-bond acceptors (Lipinski definition) is 3. The second-order valence-corrected chi connectivity index (χ2v) is 7.07. The van der Waals surface area contributed by atoms with Gasteiger partial charge >= 0.3 is 0 Å². The maximum atomic E-state index is 14.1. The average molecular weight is 394 g/mol. The standard InChI is InChI=1S/C21H13ClFN3O2/c22-16-9-13(27)3-4-14(16)20-25-18-10-1-2-12(23)8-11(7-10)17-15(19(18)26-20)5-6-24-21(17)28/h1-6,8-9,27H,7H2,(H,24,28)(H,25,26). The summed E-state index contributed by atoms with van der Waals surface area (Å²) in [5, 5.41) is 12.3. The van der Waals surface area contributed by atoms with Crippen LogP contribution in [0.1, 0.15) is 6.42 Å². The highest BCUT2D eigenvalue weighted by atomic mass is 35.5. The molecule has 0 spiro atoms. The van der Waals surface area contributed by atoms with Crippen LogP contribution in [0.2, 0.25) is 5.02 Å². The molecule has 2 aliphatic rings. The molecule has 0 radical (unpaired) electrons. The molecule has 138 valence electrons. The molecule has 28 heavy (non-hydrogen) atoms. The Morgan fingerprint density at radius 3 is 2.86 bits per heavy atom. The van der Waals surface area contributed by atoms with E-state index >= 15 is 0 Å². The van der Waals surface area contributed by atoms with Crippen molar-refractivity contribution in [2.75, 3.05) is 0 Å². The lowest BCUT2D eigenvalue weighted by Crippen LogP contribution is -2.30. The van der Waals surface area contributed by atoms with E-state index in [4.69, 9.17) is 16.6 Å². The van der Waals surface area contributed by atoms with Crippen molar-refractivity contribution < 1.29 is 9.50 Å². The summed E-state index contributed by atoms with van der Waals surface area (Å²) in [5.74, 6) is 0.142. The molecule has 2 heterocycles. The Morgan fingerprint density at radius 1 is 1.18 bits per heavy atom. The van der Waals surface area contributed by atoms with Gasteiger partial charge in [-0.2, -0.15) is 0 Å². The minimum absolute atomic E-state index is 0.0561. The Hall–Kier alpha value is -3.38. The Bertz CT molecular complexity index is 1500. The number of aromatic amines is 2. The number of phenols is 1. The SMILES string of the molecule is O=c1[nH]ccc2c1=C1C=C(F)C=CC(=c3nc(-c4ccc(O)cc4Cl)[nH]c3=2)C1. The molecule has 0 saturated carbocycles. The molecule has 5 nitrogen and oxygen atoms in total. The lowest BCUT2D eigenvalue weighted by atomic mass is 10.1. The van der Waals surface area contributed by atoms with Crippen molar-refractivity contribution in [1.29, 1.82) is 0 Å². The highest BCUT2D eigenvalue weighted by Crippen LogP contribution is 2.29. The largest absolute Gasteiger partial charge is 0.508 e. The first kappa shape index (κ1) is 16.8. The number of pyridine rings is 1. The molecule has 7 heteroatoms. The monoisotopic (exact) mass is 393 g/mol. The van der Waals surface area contributed by atoms with E-state index in [2.05, 4.69) is 9.97 Å². The summed E-state index contributed by atoms with van der Waals surface area (Å²) >= 11 is 6.28. The zero-order valence-corrected chi connectivity index (χ0v) is 15.1. The fraction of sp³-hybridized carbons (Fsp3) is 0.0476. The highest BCUT2D eigenvalue weighted by Gasteiger charge is 2.16. The third-order valence-electron chi connectivity index (χ3n) is 4.90. The number of rotatable bonds is 1. The zero-order valence-electron chi connectivity index (χ0n) is 14.4. The molecule has 0 saturated heterocycles. The predicted octanol–water partition coefficient (Wildman–Crippen LogP) is 2.54. The lowest BCUT2D eigenvalue weighted by Gasteiger charge is -2.02. The molecule has 0 atom stereocenters. The van der Waals surface area contributed by atoms with Crippen molar-refractivity contribution in [3.05, 3.63) is 91.0 Å². The molecule has 0 fully saturated rings. The van der Waals surface area contributed by atoms with E-state index in [0.29, 0.717) is 49.5 Å². The minimum atomic E-state index is -0.417. The normalized spacial score (nSPS) is 14.9. The van der Waals surface area contributed by atoms with E-state index < -0.39 is 5.83 Å². The summed E-state index contributed by atoms with van der Waals surface area (Å²) < 4.78 is 14.1. The molecule has 1 aromatic carbocycles. The van der Waals surface area contributed by atoms with Crippen molar-refractivity contribution >= 4 is 22.7 Å². The fourth-order valence-corrected chi connectivity index (χ4v) is 3.93. The van der Waals surface area contributed by atoms with Gasteiger partial charge in [-0.1, -0.05) is 17.7 Å². The van der Waals surface area contributed by atoms with Crippen molar-refractivity contribution in [3.8, 4) is 17.1 Å². The molecule has 5 rings (SSSR count).